The van der Waals surface area contributed by atoms with Crippen LogP contribution in [0.4, 0.5) is 20.7 Å². The third-order valence-electron chi connectivity index (χ3n) is 2.20. The topological polar surface area (TPSA) is 117 Å². The number of rotatable bonds is 3. The number of carbonyl (C=O) groups excluding carboxylic acids is 1. The molecule has 0 radical (unpaired) electrons. The zero-order valence-corrected chi connectivity index (χ0v) is 10.0. The van der Waals surface area contributed by atoms with Crippen LogP contribution in [0.3, 0.4) is 0 Å². The SMILES string of the molecule is Nc1nc(N)nc(COC(=O)c2ccc(F)c(F)c2)n1. The first-order valence-corrected chi connectivity index (χ1v) is 5.34. The van der Waals surface area contributed by atoms with Gasteiger partial charge in [0.25, 0.3) is 0 Å². The summed E-state index contributed by atoms with van der Waals surface area (Å²) >= 11 is 0. The molecule has 7 nitrogen and oxygen atoms in total. The Balaban J connectivity index is 2.06. The molecule has 0 bridgehead atoms. The number of aromatic nitrogens is 3. The molecule has 0 amide bonds. The van der Waals surface area contributed by atoms with E-state index >= 15 is 0 Å². The Kier molecular flexibility index (Phi) is 3.69. The van der Waals surface area contributed by atoms with Crippen molar-refractivity contribution in [2.75, 3.05) is 11.5 Å². The van der Waals surface area contributed by atoms with E-state index in [1.807, 2.05) is 0 Å². The van der Waals surface area contributed by atoms with E-state index in [0.717, 1.165) is 18.2 Å². The van der Waals surface area contributed by atoms with Crippen LogP contribution in [0.25, 0.3) is 0 Å². The smallest absolute Gasteiger partial charge is 0.338 e. The fraction of sp³-hybridized carbons (Fsp3) is 0.0909. The molecule has 0 aliphatic carbocycles. The van der Waals surface area contributed by atoms with Gasteiger partial charge in [0.2, 0.25) is 11.9 Å². The van der Waals surface area contributed by atoms with Gasteiger partial charge in [0, 0.05) is 0 Å². The van der Waals surface area contributed by atoms with E-state index in [0.29, 0.717) is 0 Å². The van der Waals surface area contributed by atoms with Gasteiger partial charge in [-0.2, -0.15) is 15.0 Å². The summed E-state index contributed by atoms with van der Waals surface area (Å²) < 4.78 is 30.5. The molecule has 0 saturated heterocycles. The Bertz CT molecular complexity index is 645. The van der Waals surface area contributed by atoms with Crippen LogP contribution in [-0.2, 0) is 11.3 Å². The lowest BCUT2D eigenvalue weighted by atomic mass is 10.2. The third kappa shape index (κ3) is 3.13. The molecular formula is C11H9F2N5O2. The summed E-state index contributed by atoms with van der Waals surface area (Å²) in [4.78, 5) is 22.5. The van der Waals surface area contributed by atoms with Crippen LogP contribution in [0.15, 0.2) is 18.2 Å². The monoisotopic (exact) mass is 281 g/mol. The van der Waals surface area contributed by atoms with Crippen molar-refractivity contribution in [3.63, 3.8) is 0 Å². The van der Waals surface area contributed by atoms with Gasteiger partial charge in [0.1, 0.15) is 0 Å². The number of halogens is 2. The predicted molar refractivity (Wildman–Crippen MR) is 64.1 cm³/mol. The van der Waals surface area contributed by atoms with Crippen LogP contribution < -0.4 is 11.5 Å². The number of nitrogens with zero attached hydrogens (tertiary/aromatic N) is 3. The quantitative estimate of drug-likeness (QED) is 0.794. The third-order valence-corrected chi connectivity index (χ3v) is 2.20. The molecular weight excluding hydrogens is 272 g/mol. The van der Waals surface area contributed by atoms with Crippen LogP contribution in [0.1, 0.15) is 16.2 Å². The number of esters is 1. The molecule has 0 aliphatic rings. The minimum Gasteiger partial charge on any atom is -0.454 e. The molecule has 1 aromatic heterocycles. The second-order valence-corrected chi connectivity index (χ2v) is 3.67. The molecule has 0 unspecified atom stereocenters. The van der Waals surface area contributed by atoms with E-state index in [2.05, 4.69) is 15.0 Å². The maximum atomic E-state index is 13.0. The summed E-state index contributed by atoms with van der Waals surface area (Å²) in [5, 5.41) is 0. The molecule has 0 aliphatic heterocycles. The van der Waals surface area contributed by atoms with Gasteiger partial charge in [-0.15, -0.1) is 0 Å². The van der Waals surface area contributed by atoms with E-state index in [4.69, 9.17) is 16.2 Å². The zero-order valence-electron chi connectivity index (χ0n) is 10.0. The zero-order chi connectivity index (χ0) is 14.7. The Hall–Kier alpha value is -2.84. The van der Waals surface area contributed by atoms with E-state index in [9.17, 15) is 13.6 Å². The number of ether oxygens (including phenoxy) is 1. The first-order chi connectivity index (χ1) is 9.45. The highest BCUT2D eigenvalue weighted by Crippen LogP contribution is 2.10. The standard InChI is InChI=1S/C11H9F2N5O2/c12-6-2-1-5(3-7(6)13)9(19)20-4-8-16-10(14)18-11(15)17-8/h1-3H,4H2,(H4,14,15,16,17,18). The van der Waals surface area contributed by atoms with Crippen molar-refractivity contribution in [3.8, 4) is 0 Å². The largest absolute Gasteiger partial charge is 0.454 e. The van der Waals surface area contributed by atoms with Gasteiger partial charge < -0.3 is 16.2 Å². The highest BCUT2D eigenvalue weighted by atomic mass is 19.2. The molecule has 1 aromatic carbocycles. The number of nitrogen functional groups attached to an aromatic ring is 2. The molecule has 2 rings (SSSR count). The molecule has 0 saturated carbocycles. The number of hydrogen-bond donors (Lipinski definition) is 2. The van der Waals surface area contributed by atoms with Gasteiger partial charge in [-0.25, -0.2) is 13.6 Å². The average molecular weight is 281 g/mol. The van der Waals surface area contributed by atoms with E-state index in [-0.39, 0.29) is 29.9 Å². The lowest BCUT2D eigenvalue weighted by Crippen LogP contribution is -2.11. The Labute approximate surface area is 111 Å². The van der Waals surface area contributed by atoms with Crippen molar-refractivity contribution in [3.05, 3.63) is 41.2 Å². The van der Waals surface area contributed by atoms with Gasteiger partial charge in [-0.1, -0.05) is 0 Å². The van der Waals surface area contributed by atoms with Gasteiger partial charge in [-0.05, 0) is 18.2 Å². The molecule has 9 heteroatoms. The molecule has 0 fully saturated rings. The Morgan fingerprint density at radius 3 is 2.35 bits per heavy atom. The summed E-state index contributed by atoms with van der Waals surface area (Å²) in [5.41, 5.74) is 10.5. The minimum atomic E-state index is -1.15. The summed E-state index contributed by atoms with van der Waals surface area (Å²) in [6.07, 6.45) is 0. The number of hydrogen-bond acceptors (Lipinski definition) is 7. The van der Waals surface area contributed by atoms with Crippen molar-refractivity contribution in [2.24, 2.45) is 0 Å². The first-order valence-electron chi connectivity index (χ1n) is 5.34. The highest BCUT2D eigenvalue weighted by Gasteiger charge is 2.12. The maximum Gasteiger partial charge on any atom is 0.338 e. The van der Waals surface area contributed by atoms with E-state index in [1.54, 1.807) is 0 Å². The Morgan fingerprint density at radius 1 is 1.10 bits per heavy atom. The summed E-state index contributed by atoms with van der Waals surface area (Å²) in [6, 6.07) is 2.65. The number of anilines is 2. The molecule has 0 spiro atoms. The number of carbonyl (C=O) groups is 1. The fourth-order valence-corrected chi connectivity index (χ4v) is 1.36. The van der Waals surface area contributed by atoms with Crippen LogP contribution in [-0.4, -0.2) is 20.9 Å². The Morgan fingerprint density at radius 2 is 1.75 bits per heavy atom. The fourth-order valence-electron chi connectivity index (χ4n) is 1.36. The number of nitrogens with two attached hydrogens (primary N) is 2. The molecule has 1 heterocycles. The second-order valence-electron chi connectivity index (χ2n) is 3.67. The van der Waals surface area contributed by atoms with Crippen LogP contribution >= 0.6 is 0 Å². The summed E-state index contributed by atoms with van der Waals surface area (Å²) in [5.74, 6) is -3.24. The summed E-state index contributed by atoms with van der Waals surface area (Å²) in [6.45, 7) is -0.325. The lowest BCUT2D eigenvalue weighted by Gasteiger charge is -2.05. The van der Waals surface area contributed by atoms with Crippen molar-refractivity contribution < 1.29 is 18.3 Å². The molecule has 104 valence electrons. The molecule has 2 aromatic rings. The molecule has 20 heavy (non-hydrogen) atoms. The second kappa shape index (κ2) is 5.43. The van der Waals surface area contributed by atoms with Crippen molar-refractivity contribution in [1.82, 2.24) is 15.0 Å². The highest BCUT2D eigenvalue weighted by molar-refractivity contribution is 5.89. The lowest BCUT2D eigenvalue weighted by molar-refractivity contribution is 0.0461. The summed E-state index contributed by atoms with van der Waals surface area (Å²) in [7, 11) is 0. The van der Waals surface area contributed by atoms with Crippen LogP contribution in [0.5, 0.6) is 0 Å². The maximum absolute atomic E-state index is 13.0. The van der Waals surface area contributed by atoms with Gasteiger partial charge in [-0.3, -0.25) is 0 Å². The normalized spacial score (nSPS) is 10.3. The van der Waals surface area contributed by atoms with Crippen LogP contribution in [0.2, 0.25) is 0 Å². The first kappa shape index (κ1) is 13.6. The van der Waals surface area contributed by atoms with Crippen molar-refractivity contribution >= 4 is 17.9 Å². The van der Waals surface area contributed by atoms with Crippen molar-refractivity contribution in [1.29, 1.82) is 0 Å². The number of benzene rings is 1. The molecule has 4 N–H and O–H groups in total. The van der Waals surface area contributed by atoms with Gasteiger partial charge in [0.05, 0.1) is 5.56 Å². The van der Waals surface area contributed by atoms with E-state index < -0.39 is 17.6 Å². The van der Waals surface area contributed by atoms with Gasteiger partial charge >= 0.3 is 5.97 Å². The van der Waals surface area contributed by atoms with Gasteiger partial charge in [0.15, 0.2) is 24.1 Å². The van der Waals surface area contributed by atoms with Crippen molar-refractivity contribution in [2.45, 2.75) is 6.61 Å². The minimum absolute atomic E-state index is 0.0472. The van der Waals surface area contributed by atoms with E-state index in [1.165, 1.54) is 0 Å². The van der Waals surface area contributed by atoms with Crippen LogP contribution in [0, 0.1) is 11.6 Å². The average Bonchev–Trinajstić information content (AvgIpc) is 2.38. The molecule has 0 atom stereocenters. The predicted octanol–water partition coefficient (Wildman–Crippen LogP) is 0.671.